The second-order valence-corrected chi connectivity index (χ2v) is 5.17. The van der Waals surface area contributed by atoms with Crippen molar-refractivity contribution in [2.75, 3.05) is 0 Å². The second-order valence-electron chi connectivity index (χ2n) is 5.17. The molecule has 0 aromatic heterocycles. The van der Waals surface area contributed by atoms with Crippen LogP contribution in [0.4, 0.5) is 0 Å². The van der Waals surface area contributed by atoms with Crippen LogP contribution in [0.5, 0.6) is 0 Å². The number of rotatable bonds is 0. The van der Waals surface area contributed by atoms with Crippen molar-refractivity contribution in [3.63, 3.8) is 0 Å². The van der Waals surface area contributed by atoms with Crippen LogP contribution in [-0.2, 0) is 0 Å². The highest BCUT2D eigenvalue weighted by atomic mass is 16.1. The molecule has 1 nitrogen and oxygen atoms in total. The zero-order valence-corrected chi connectivity index (χ0v) is 11.3. The van der Waals surface area contributed by atoms with Gasteiger partial charge in [0.25, 0.3) is 0 Å². The Hall–Kier alpha value is -2.85. The Kier molecular flexibility index (Phi) is 2.62. The van der Waals surface area contributed by atoms with Crippen LogP contribution in [0.3, 0.4) is 0 Å². The predicted molar refractivity (Wildman–Crippen MR) is 84.0 cm³/mol. The van der Waals surface area contributed by atoms with Crippen LogP contribution in [0.15, 0.2) is 66.8 Å². The van der Waals surface area contributed by atoms with Gasteiger partial charge in [0, 0.05) is 16.7 Å². The van der Waals surface area contributed by atoms with Crippen molar-refractivity contribution >= 4 is 5.78 Å². The van der Waals surface area contributed by atoms with Gasteiger partial charge in [-0.05, 0) is 17.2 Å². The second kappa shape index (κ2) is 4.61. The molecular weight excluding hydrogens is 256 g/mol. The smallest absolute Gasteiger partial charge is 0.195 e. The topological polar surface area (TPSA) is 17.1 Å². The molecule has 0 atom stereocenters. The van der Waals surface area contributed by atoms with Gasteiger partial charge in [0.05, 0.1) is 5.92 Å². The Morgan fingerprint density at radius 3 is 2.33 bits per heavy atom. The number of carbonyl (C=O) groups is 1. The molecule has 0 saturated heterocycles. The molecule has 0 amide bonds. The number of hydrogen-bond donors (Lipinski definition) is 0. The van der Waals surface area contributed by atoms with Crippen molar-refractivity contribution in [2.45, 2.75) is 0 Å². The molecule has 0 N–H and O–H groups in total. The van der Waals surface area contributed by atoms with E-state index in [1.165, 1.54) is 0 Å². The van der Waals surface area contributed by atoms with Gasteiger partial charge in [-0.1, -0.05) is 72.5 Å². The minimum atomic E-state index is 0.0861. The van der Waals surface area contributed by atoms with Gasteiger partial charge in [-0.2, -0.15) is 0 Å². The monoisotopic (exact) mass is 268 g/mol. The molecule has 21 heavy (non-hydrogen) atoms. The van der Waals surface area contributed by atoms with Gasteiger partial charge in [0.2, 0.25) is 0 Å². The van der Waals surface area contributed by atoms with Gasteiger partial charge in [-0.25, -0.2) is 0 Å². The van der Waals surface area contributed by atoms with E-state index < -0.39 is 0 Å². The number of ketones is 1. The fourth-order valence-electron chi connectivity index (χ4n) is 2.87. The van der Waals surface area contributed by atoms with Crippen LogP contribution in [0.25, 0.3) is 11.1 Å². The molecule has 0 bridgehead atoms. The first-order valence-electron chi connectivity index (χ1n) is 6.98. The minimum absolute atomic E-state index is 0.0861. The summed E-state index contributed by atoms with van der Waals surface area (Å²) in [5.41, 5.74) is 4.36. The molecule has 2 aliphatic carbocycles. The highest BCUT2D eigenvalue weighted by molar-refractivity contribution is 6.22. The zero-order chi connectivity index (χ0) is 14.2. The summed E-state index contributed by atoms with van der Waals surface area (Å²) in [5.74, 6) is 6.62. The van der Waals surface area contributed by atoms with E-state index in [4.69, 9.17) is 0 Å². The highest BCUT2D eigenvalue weighted by Gasteiger charge is 2.27. The largest absolute Gasteiger partial charge is 0.289 e. The van der Waals surface area contributed by atoms with Gasteiger partial charge < -0.3 is 0 Å². The van der Waals surface area contributed by atoms with Crippen LogP contribution >= 0.6 is 0 Å². The molecule has 0 fully saturated rings. The standard InChI is InChI=1S/C20H12O/c21-20-18-10-4-3-9-16(18)17-11-5-8-15(19(17)20)13-12-14-6-1-2-7-14/h1-11,14H. The van der Waals surface area contributed by atoms with Crippen molar-refractivity contribution in [2.24, 2.45) is 5.92 Å². The fraction of sp³-hybridized carbons (Fsp3) is 0.0500. The molecule has 0 heterocycles. The number of carbonyl (C=O) groups excluding carboxylic acids is 1. The molecule has 1 heteroatoms. The lowest BCUT2D eigenvalue weighted by atomic mass is 10.0. The lowest BCUT2D eigenvalue weighted by molar-refractivity contribution is 0.104. The summed E-state index contributed by atoms with van der Waals surface area (Å²) < 4.78 is 0. The van der Waals surface area contributed by atoms with E-state index in [0.717, 1.165) is 27.8 Å². The van der Waals surface area contributed by atoms with Gasteiger partial charge in [-0.15, -0.1) is 0 Å². The molecule has 2 aromatic carbocycles. The van der Waals surface area contributed by atoms with E-state index in [2.05, 4.69) is 11.8 Å². The van der Waals surface area contributed by atoms with Crippen molar-refractivity contribution in [3.05, 3.63) is 83.5 Å². The molecule has 0 saturated carbocycles. The normalized spacial score (nSPS) is 14.8. The molecule has 0 spiro atoms. The quantitative estimate of drug-likeness (QED) is 0.563. The maximum Gasteiger partial charge on any atom is 0.195 e. The first-order valence-corrected chi connectivity index (χ1v) is 6.98. The van der Waals surface area contributed by atoms with Gasteiger partial charge in [0.1, 0.15) is 0 Å². The van der Waals surface area contributed by atoms with E-state index in [9.17, 15) is 4.79 Å². The Morgan fingerprint density at radius 2 is 1.52 bits per heavy atom. The zero-order valence-electron chi connectivity index (χ0n) is 11.3. The summed E-state index contributed by atoms with van der Waals surface area (Å²) >= 11 is 0. The molecule has 0 radical (unpaired) electrons. The minimum Gasteiger partial charge on any atom is -0.289 e. The fourth-order valence-corrected chi connectivity index (χ4v) is 2.87. The third-order valence-electron chi connectivity index (χ3n) is 3.87. The molecule has 2 aliphatic rings. The lowest BCUT2D eigenvalue weighted by Crippen LogP contribution is -1.98. The van der Waals surface area contributed by atoms with Crippen molar-refractivity contribution in [1.82, 2.24) is 0 Å². The molecule has 98 valence electrons. The van der Waals surface area contributed by atoms with E-state index in [1.54, 1.807) is 0 Å². The van der Waals surface area contributed by atoms with Crippen LogP contribution < -0.4 is 0 Å². The van der Waals surface area contributed by atoms with E-state index in [1.807, 2.05) is 66.8 Å². The third kappa shape index (κ3) is 1.85. The van der Waals surface area contributed by atoms with E-state index >= 15 is 0 Å². The maximum absolute atomic E-state index is 12.6. The Morgan fingerprint density at radius 1 is 0.810 bits per heavy atom. The number of hydrogen-bond acceptors (Lipinski definition) is 1. The van der Waals surface area contributed by atoms with Crippen LogP contribution in [0.1, 0.15) is 21.5 Å². The van der Waals surface area contributed by atoms with Crippen molar-refractivity contribution < 1.29 is 4.79 Å². The number of fused-ring (bicyclic) bond motifs is 3. The summed E-state index contributed by atoms with van der Waals surface area (Å²) in [4.78, 5) is 12.6. The molecule has 4 rings (SSSR count). The molecule has 0 unspecified atom stereocenters. The summed E-state index contributed by atoms with van der Waals surface area (Å²) in [6, 6.07) is 13.7. The van der Waals surface area contributed by atoms with Gasteiger partial charge in [-0.3, -0.25) is 4.79 Å². The Balaban J connectivity index is 1.85. The van der Waals surface area contributed by atoms with Gasteiger partial charge >= 0.3 is 0 Å². The maximum atomic E-state index is 12.6. The van der Waals surface area contributed by atoms with Crippen LogP contribution in [0, 0.1) is 17.8 Å². The van der Waals surface area contributed by atoms with Gasteiger partial charge in [0.15, 0.2) is 5.78 Å². The first kappa shape index (κ1) is 11.9. The van der Waals surface area contributed by atoms with Crippen LogP contribution in [0.2, 0.25) is 0 Å². The highest BCUT2D eigenvalue weighted by Crippen LogP contribution is 2.37. The first-order chi connectivity index (χ1) is 10.3. The van der Waals surface area contributed by atoms with Crippen molar-refractivity contribution in [3.8, 4) is 23.0 Å². The Bertz CT molecular complexity index is 860. The van der Waals surface area contributed by atoms with E-state index in [0.29, 0.717) is 0 Å². The van der Waals surface area contributed by atoms with E-state index in [-0.39, 0.29) is 11.7 Å². The molecule has 2 aromatic rings. The number of allylic oxidation sites excluding steroid dienone is 4. The Labute approximate surface area is 123 Å². The average Bonchev–Trinajstić information content (AvgIpc) is 3.14. The summed E-state index contributed by atoms with van der Waals surface area (Å²) in [7, 11) is 0. The van der Waals surface area contributed by atoms with Crippen molar-refractivity contribution in [1.29, 1.82) is 0 Å². The average molecular weight is 268 g/mol. The predicted octanol–water partition coefficient (Wildman–Crippen LogP) is 3.99. The summed E-state index contributed by atoms with van der Waals surface area (Å²) in [5, 5.41) is 0. The number of benzene rings is 2. The molecule has 0 aliphatic heterocycles. The van der Waals surface area contributed by atoms with Crippen LogP contribution in [-0.4, -0.2) is 5.78 Å². The lowest BCUT2D eigenvalue weighted by Gasteiger charge is -2.01. The molecular formula is C20H12O. The summed E-state index contributed by atoms with van der Waals surface area (Å²) in [6.07, 6.45) is 8.09. The summed E-state index contributed by atoms with van der Waals surface area (Å²) in [6.45, 7) is 0. The third-order valence-corrected chi connectivity index (χ3v) is 3.87. The SMILES string of the molecule is O=C1c2ccccc2-c2cccc(C#CC3C=CC=C3)c21.